The van der Waals surface area contributed by atoms with E-state index in [1.165, 1.54) is 0 Å². The lowest BCUT2D eigenvalue weighted by Crippen LogP contribution is -2.31. The van der Waals surface area contributed by atoms with E-state index in [0.717, 1.165) is 23.1 Å². The van der Waals surface area contributed by atoms with Crippen molar-refractivity contribution in [2.24, 2.45) is 11.7 Å². The lowest BCUT2D eigenvalue weighted by atomic mass is 9.90. The fourth-order valence-electron chi connectivity index (χ4n) is 1.97. The molecule has 0 aliphatic rings. The van der Waals surface area contributed by atoms with E-state index in [1.54, 1.807) is 0 Å². The highest BCUT2D eigenvalue weighted by Crippen LogP contribution is 2.28. The number of aromatic hydroxyl groups is 1. The summed E-state index contributed by atoms with van der Waals surface area (Å²) in [5.74, 6) is 0.471. The molecule has 96 valence electrons. The van der Waals surface area contributed by atoms with Gasteiger partial charge in [-0.15, -0.1) is 0 Å². The fourth-order valence-corrected chi connectivity index (χ4v) is 1.97. The summed E-state index contributed by atoms with van der Waals surface area (Å²) in [4.78, 5) is 0. The molecule has 0 radical (unpaired) electrons. The minimum Gasteiger partial charge on any atom is -0.507 e. The first-order chi connectivity index (χ1) is 7.88. The molecule has 0 saturated carbocycles. The van der Waals surface area contributed by atoms with Crippen molar-refractivity contribution in [1.82, 2.24) is 0 Å². The number of phenolic OH excluding ortho intramolecular Hbond substituents is 1. The maximum atomic E-state index is 10.1. The summed E-state index contributed by atoms with van der Waals surface area (Å²) in [5, 5.41) is 19.8. The van der Waals surface area contributed by atoms with Gasteiger partial charge in [0.15, 0.2) is 0 Å². The van der Waals surface area contributed by atoms with Gasteiger partial charge < -0.3 is 15.9 Å². The molecule has 0 amide bonds. The van der Waals surface area contributed by atoms with E-state index in [4.69, 9.17) is 5.73 Å². The van der Waals surface area contributed by atoms with Crippen molar-refractivity contribution in [3.8, 4) is 5.75 Å². The van der Waals surface area contributed by atoms with Gasteiger partial charge in [0.25, 0.3) is 0 Å². The zero-order chi connectivity index (χ0) is 13.2. The Morgan fingerprint density at radius 3 is 2.12 bits per heavy atom. The molecule has 4 N–H and O–H groups in total. The summed E-state index contributed by atoms with van der Waals surface area (Å²) in [7, 11) is 0. The van der Waals surface area contributed by atoms with Crippen LogP contribution in [0.25, 0.3) is 0 Å². The number of aryl methyl sites for hydroxylation is 2. The van der Waals surface area contributed by atoms with Gasteiger partial charge in [0.2, 0.25) is 0 Å². The highest BCUT2D eigenvalue weighted by atomic mass is 16.3. The Morgan fingerprint density at radius 1 is 1.24 bits per heavy atom. The fraction of sp³-hybridized carbons (Fsp3) is 0.571. The lowest BCUT2D eigenvalue weighted by Gasteiger charge is -2.25. The highest BCUT2D eigenvalue weighted by molar-refractivity contribution is 5.43. The second-order valence-corrected chi connectivity index (χ2v) is 4.91. The van der Waals surface area contributed by atoms with Gasteiger partial charge >= 0.3 is 0 Å². The van der Waals surface area contributed by atoms with Gasteiger partial charge in [-0.2, -0.15) is 0 Å². The molecule has 3 nitrogen and oxygen atoms in total. The summed E-state index contributed by atoms with van der Waals surface area (Å²) < 4.78 is 0. The molecule has 0 heterocycles. The maximum Gasteiger partial charge on any atom is 0.121 e. The van der Waals surface area contributed by atoms with Crippen LogP contribution in [0.1, 0.15) is 43.0 Å². The van der Waals surface area contributed by atoms with Gasteiger partial charge in [-0.05, 0) is 36.5 Å². The van der Waals surface area contributed by atoms with Crippen molar-refractivity contribution in [2.45, 2.75) is 46.3 Å². The topological polar surface area (TPSA) is 66.5 Å². The molecule has 3 heteroatoms. The Morgan fingerprint density at radius 2 is 1.71 bits per heavy atom. The molecule has 3 atom stereocenters. The molecule has 1 aromatic rings. The van der Waals surface area contributed by atoms with Crippen LogP contribution < -0.4 is 5.73 Å². The number of aliphatic hydroxyl groups excluding tert-OH is 1. The predicted molar refractivity (Wildman–Crippen MR) is 70.0 cm³/mol. The monoisotopic (exact) mass is 237 g/mol. The Balaban J connectivity index is 3.00. The molecule has 0 saturated heterocycles. The third-order valence-electron chi connectivity index (χ3n) is 3.49. The smallest absolute Gasteiger partial charge is 0.121 e. The van der Waals surface area contributed by atoms with Crippen molar-refractivity contribution < 1.29 is 10.2 Å². The summed E-state index contributed by atoms with van der Waals surface area (Å²) in [6.07, 6.45) is 0.341. The maximum absolute atomic E-state index is 10.1. The molecule has 1 rings (SSSR count). The van der Waals surface area contributed by atoms with Gasteiger partial charge in [-0.25, -0.2) is 0 Å². The third-order valence-corrected chi connectivity index (χ3v) is 3.49. The molecule has 0 bridgehead atoms. The standard InChI is InChI=1S/C14H23NO2/c1-5-8(2)14(17)12(15)11-6-9(3)13(16)10(4)7-11/h6-8,12,14,16-17H,5,15H2,1-4H3/t8?,12-,14+/m0/s1. The van der Waals surface area contributed by atoms with E-state index >= 15 is 0 Å². The summed E-state index contributed by atoms with van der Waals surface area (Å²) in [5.41, 5.74) is 8.55. The average molecular weight is 237 g/mol. The predicted octanol–water partition coefficient (Wildman–Crippen LogP) is 2.42. The van der Waals surface area contributed by atoms with Crippen molar-refractivity contribution in [1.29, 1.82) is 0 Å². The normalized spacial score (nSPS) is 16.6. The molecular formula is C14H23NO2. The van der Waals surface area contributed by atoms with E-state index in [9.17, 15) is 10.2 Å². The minimum atomic E-state index is -0.552. The molecule has 0 aliphatic carbocycles. The SMILES string of the molecule is CCC(C)[C@@H](O)[C@@H](N)c1cc(C)c(O)c(C)c1. The van der Waals surface area contributed by atoms with E-state index in [2.05, 4.69) is 0 Å². The van der Waals surface area contributed by atoms with Crippen LogP contribution in [0.3, 0.4) is 0 Å². The van der Waals surface area contributed by atoms with Crippen LogP contribution in [0, 0.1) is 19.8 Å². The van der Waals surface area contributed by atoms with E-state index in [0.29, 0.717) is 5.75 Å². The molecule has 0 aliphatic heterocycles. The third kappa shape index (κ3) is 2.99. The molecule has 0 spiro atoms. The largest absolute Gasteiger partial charge is 0.507 e. The number of phenols is 1. The van der Waals surface area contributed by atoms with Gasteiger partial charge in [0.05, 0.1) is 12.1 Å². The molecule has 17 heavy (non-hydrogen) atoms. The second kappa shape index (κ2) is 5.52. The van der Waals surface area contributed by atoms with Crippen LogP contribution in [0.2, 0.25) is 0 Å². The van der Waals surface area contributed by atoms with Crippen molar-refractivity contribution in [3.05, 3.63) is 28.8 Å². The van der Waals surface area contributed by atoms with Crippen LogP contribution >= 0.6 is 0 Å². The lowest BCUT2D eigenvalue weighted by molar-refractivity contribution is 0.0879. The Labute approximate surface area is 103 Å². The van der Waals surface area contributed by atoms with Crippen molar-refractivity contribution in [2.75, 3.05) is 0 Å². The number of hydrogen-bond donors (Lipinski definition) is 3. The van der Waals surface area contributed by atoms with Crippen LogP contribution in [0.15, 0.2) is 12.1 Å². The average Bonchev–Trinajstić information content (AvgIpc) is 2.32. The highest BCUT2D eigenvalue weighted by Gasteiger charge is 2.22. The number of hydrogen-bond acceptors (Lipinski definition) is 3. The Bertz CT molecular complexity index is 367. The summed E-state index contributed by atoms with van der Waals surface area (Å²) in [6, 6.07) is 3.29. The van der Waals surface area contributed by atoms with E-state index in [1.807, 2.05) is 39.8 Å². The first-order valence-corrected chi connectivity index (χ1v) is 6.12. The zero-order valence-corrected chi connectivity index (χ0v) is 11.1. The first-order valence-electron chi connectivity index (χ1n) is 6.12. The van der Waals surface area contributed by atoms with Gasteiger partial charge in [-0.1, -0.05) is 32.4 Å². The zero-order valence-electron chi connectivity index (χ0n) is 11.1. The van der Waals surface area contributed by atoms with Crippen molar-refractivity contribution in [3.63, 3.8) is 0 Å². The van der Waals surface area contributed by atoms with E-state index in [-0.39, 0.29) is 5.92 Å². The van der Waals surface area contributed by atoms with Crippen LogP contribution in [-0.4, -0.2) is 16.3 Å². The molecule has 1 aromatic carbocycles. The first kappa shape index (κ1) is 14.0. The summed E-state index contributed by atoms with van der Waals surface area (Å²) in [6.45, 7) is 7.71. The quantitative estimate of drug-likeness (QED) is 0.753. The van der Waals surface area contributed by atoms with Crippen molar-refractivity contribution >= 4 is 0 Å². The van der Waals surface area contributed by atoms with Crippen LogP contribution in [0.4, 0.5) is 0 Å². The summed E-state index contributed by atoms with van der Waals surface area (Å²) >= 11 is 0. The molecule has 1 unspecified atom stereocenters. The Kier molecular flexibility index (Phi) is 4.54. The van der Waals surface area contributed by atoms with Gasteiger partial charge in [0.1, 0.15) is 5.75 Å². The van der Waals surface area contributed by atoms with E-state index < -0.39 is 12.1 Å². The molecule has 0 fully saturated rings. The van der Waals surface area contributed by atoms with Gasteiger partial charge in [-0.3, -0.25) is 0 Å². The van der Waals surface area contributed by atoms with Crippen LogP contribution in [0.5, 0.6) is 5.75 Å². The van der Waals surface area contributed by atoms with Gasteiger partial charge in [0, 0.05) is 0 Å². The Hall–Kier alpha value is -1.06. The molecular weight excluding hydrogens is 214 g/mol. The molecule has 0 aromatic heterocycles. The second-order valence-electron chi connectivity index (χ2n) is 4.91. The number of benzene rings is 1. The number of rotatable bonds is 4. The number of nitrogens with two attached hydrogens (primary N) is 1. The van der Waals surface area contributed by atoms with Crippen LogP contribution in [-0.2, 0) is 0 Å². The minimum absolute atomic E-state index is 0.166. The number of aliphatic hydroxyl groups is 1.